The third-order valence-electron chi connectivity index (χ3n) is 2.71. The van der Waals surface area contributed by atoms with Gasteiger partial charge in [0.05, 0.1) is 11.9 Å². The molecule has 0 saturated heterocycles. The molecule has 0 bridgehead atoms. The molecule has 1 aliphatic rings. The Hall–Kier alpha value is -1.89. The van der Waals surface area contributed by atoms with Crippen molar-refractivity contribution in [3.8, 4) is 0 Å². The summed E-state index contributed by atoms with van der Waals surface area (Å²) in [5.74, 6) is 0. The van der Waals surface area contributed by atoms with Gasteiger partial charge in [0.2, 0.25) is 0 Å². The Morgan fingerprint density at radius 3 is 2.37 bits per heavy atom. The standard InChI is InChI=1S/C14H11IN4/c15-12-8-4-5-9-14(12)19-16-10-13(17-18-19)11-6-2-1-3-7-11/h1-10,18H. The van der Waals surface area contributed by atoms with E-state index < -0.39 is 0 Å². The number of hydrogen-bond acceptors (Lipinski definition) is 4. The smallest absolute Gasteiger partial charge is 0.112 e. The number of halogens is 1. The molecule has 0 aromatic heterocycles. The molecular weight excluding hydrogens is 351 g/mol. The van der Waals surface area contributed by atoms with E-state index >= 15 is 0 Å². The third-order valence-corrected chi connectivity index (χ3v) is 3.62. The van der Waals surface area contributed by atoms with Gasteiger partial charge in [-0.3, -0.25) is 0 Å². The number of anilines is 1. The summed E-state index contributed by atoms with van der Waals surface area (Å²) in [5, 5.41) is 10.4. The summed E-state index contributed by atoms with van der Waals surface area (Å²) in [4.78, 5) is 0. The van der Waals surface area contributed by atoms with E-state index in [1.54, 1.807) is 11.3 Å². The maximum atomic E-state index is 4.38. The number of para-hydroxylation sites is 1. The van der Waals surface area contributed by atoms with E-state index in [2.05, 4.69) is 38.3 Å². The van der Waals surface area contributed by atoms with Crippen LogP contribution in [-0.4, -0.2) is 11.9 Å². The summed E-state index contributed by atoms with van der Waals surface area (Å²) < 4.78 is 1.11. The molecular formula is C14H11IN4. The number of hydrazine groups is 1. The number of rotatable bonds is 2. The van der Waals surface area contributed by atoms with E-state index in [1.165, 1.54) is 0 Å². The van der Waals surface area contributed by atoms with Crippen molar-refractivity contribution in [2.24, 2.45) is 10.2 Å². The van der Waals surface area contributed by atoms with Gasteiger partial charge in [0, 0.05) is 9.13 Å². The molecule has 1 heterocycles. The maximum absolute atomic E-state index is 4.38. The van der Waals surface area contributed by atoms with Gasteiger partial charge >= 0.3 is 0 Å². The van der Waals surface area contributed by atoms with Gasteiger partial charge in [-0.05, 0) is 34.7 Å². The molecule has 1 N–H and O–H groups in total. The topological polar surface area (TPSA) is 40.0 Å². The quantitative estimate of drug-likeness (QED) is 0.835. The van der Waals surface area contributed by atoms with Crippen molar-refractivity contribution >= 4 is 40.2 Å². The summed E-state index contributed by atoms with van der Waals surface area (Å²) in [6, 6.07) is 18.0. The van der Waals surface area contributed by atoms with Crippen LogP contribution < -0.4 is 10.7 Å². The van der Waals surface area contributed by atoms with Crippen LogP contribution in [-0.2, 0) is 0 Å². The van der Waals surface area contributed by atoms with Gasteiger partial charge in [-0.15, -0.1) is 0 Å². The molecule has 0 saturated carbocycles. The highest BCUT2D eigenvalue weighted by Gasteiger charge is 2.12. The molecule has 19 heavy (non-hydrogen) atoms. The van der Waals surface area contributed by atoms with E-state index in [0.29, 0.717) is 0 Å². The Labute approximate surface area is 124 Å². The molecule has 4 nitrogen and oxygen atoms in total. The Bertz CT molecular complexity index is 637. The highest BCUT2D eigenvalue weighted by Crippen LogP contribution is 2.21. The number of nitrogens with one attached hydrogen (secondary N) is 1. The van der Waals surface area contributed by atoms with Crippen molar-refractivity contribution in [2.45, 2.75) is 0 Å². The monoisotopic (exact) mass is 362 g/mol. The predicted molar refractivity (Wildman–Crippen MR) is 86.2 cm³/mol. The zero-order valence-electron chi connectivity index (χ0n) is 9.99. The number of benzene rings is 2. The molecule has 2 aromatic rings. The van der Waals surface area contributed by atoms with Crippen LogP contribution >= 0.6 is 22.6 Å². The molecule has 94 valence electrons. The van der Waals surface area contributed by atoms with Crippen LogP contribution in [0.25, 0.3) is 0 Å². The van der Waals surface area contributed by atoms with Crippen molar-refractivity contribution in [3.63, 3.8) is 0 Å². The molecule has 1 aliphatic heterocycles. The summed E-state index contributed by atoms with van der Waals surface area (Å²) in [6.07, 6.45) is 1.76. The molecule has 0 amide bonds. The maximum Gasteiger partial charge on any atom is 0.112 e. The first-order chi connectivity index (χ1) is 9.34. The first-order valence-electron chi connectivity index (χ1n) is 5.82. The van der Waals surface area contributed by atoms with Crippen LogP contribution in [0.3, 0.4) is 0 Å². The second-order valence-corrected chi connectivity index (χ2v) is 5.13. The van der Waals surface area contributed by atoms with Gasteiger partial charge in [0.1, 0.15) is 5.71 Å². The average Bonchev–Trinajstić information content (AvgIpc) is 2.49. The Kier molecular flexibility index (Phi) is 3.45. The van der Waals surface area contributed by atoms with Gasteiger partial charge in [-0.1, -0.05) is 42.5 Å². The molecule has 0 fully saturated rings. The summed E-state index contributed by atoms with van der Waals surface area (Å²) >= 11 is 2.28. The minimum absolute atomic E-state index is 0.822. The van der Waals surface area contributed by atoms with Crippen molar-refractivity contribution in [2.75, 3.05) is 5.12 Å². The van der Waals surface area contributed by atoms with E-state index in [-0.39, 0.29) is 0 Å². The second-order valence-electron chi connectivity index (χ2n) is 3.97. The normalized spacial score (nSPS) is 13.9. The van der Waals surface area contributed by atoms with E-state index in [1.807, 2.05) is 54.6 Å². The largest absolute Gasteiger partial charge is 0.197 e. The summed E-state index contributed by atoms with van der Waals surface area (Å²) in [7, 11) is 0. The average molecular weight is 362 g/mol. The summed E-state index contributed by atoms with van der Waals surface area (Å²) in [6.45, 7) is 0. The fraction of sp³-hybridized carbons (Fsp3) is 0. The fourth-order valence-corrected chi connectivity index (χ4v) is 2.37. The van der Waals surface area contributed by atoms with Gasteiger partial charge < -0.3 is 0 Å². The molecule has 0 unspecified atom stereocenters. The first kappa shape index (κ1) is 12.2. The molecule has 0 atom stereocenters. The highest BCUT2D eigenvalue weighted by atomic mass is 127. The zero-order chi connectivity index (χ0) is 13.1. The lowest BCUT2D eigenvalue weighted by Crippen LogP contribution is -2.35. The molecule has 0 aliphatic carbocycles. The van der Waals surface area contributed by atoms with Crippen molar-refractivity contribution < 1.29 is 0 Å². The van der Waals surface area contributed by atoms with Crippen molar-refractivity contribution in [3.05, 3.63) is 63.7 Å². The summed E-state index contributed by atoms with van der Waals surface area (Å²) in [5.41, 5.74) is 5.79. The minimum Gasteiger partial charge on any atom is -0.197 e. The van der Waals surface area contributed by atoms with E-state index in [9.17, 15) is 0 Å². The molecule has 2 aromatic carbocycles. The number of hydrogen-bond donors (Lipinski definition) is 1. The van der Waals surface area contributed by atoms with Gasteiger partial charge in [0.15, 0.2) is 0 Å². The first-order valence-corrected chi connectivity index (χ1v) is 6.90. The van der Waals surface area contributed by atoms with Crippen LogP contribution in [0.15, 0.2) is 64.8 Å². The van der Waals surface area contributed by atoms with Crippen LogP contribution in [0, 0.1) is 3.57 Å². The van der Waals surface area contributed by atoms with Crippen molar-refractivity contribution in [1.29, 1.82) is 0 Å². The number of nitrogens with zero attached hydrogens (tertiary/aromatic N) is 3. The zero-order valence-corrected chi connectivity index (χ0v) is 12.2. The van der Waals surface area contributed by atoms with Crippen LogP contribution in [0.5, 0.6) is 0 Å². The highest BCUT2D eigenvalue weighted by molar-refractivity contribution is 14.1. The fourth-order valence-electron chi connectivity index (χ4n) is 1.76. The lowest BCUT2D eigenvalue weighted by Gasteiger charge is -2.22. The van der Waals surface area contributed by atoms with Gasteiger partial charge in [0.25, 0.3) is 0 Å². The SMILES string of the molecule is Ic1ccccc1N1N=CC(c2ccccc2)=NN1. The van der Waals surface area contributed by atoms with E-state index in [0.717, 1.165) is 20.5 Å². The predicted octanol–water partition coefficient (Wildman–Crippen LogP) is 3.01. The Balaban J connectivity index is 1.82. The van der Waals surface area contributed by atoms with Crippen LogP contribution in [0.2, 0.25) is 0 Å². The van der Waals surface area contributed by atoms with Gasteiger partial charge in [-0.25, -0.2) is 0 Å². The molecule has 0 radical (unpaired) electrons. The second kappa shape index (κ2) is 5.40. The molecule has 0 spiro atoms. The van der Waals surface area contributed by atoms with E-state index in [4.69, 9.17) is 0 Å². The van der Waals surface area contributed by atoms with Crippen molar-refractivity contribution in [1.82, 2.24) is 5.53 Å². The Morgan fingerprint density at radius 2 is 1.68 bits per heavy atom. The van der Waals surface area contributed by atoms with Crippen LogP contribution in [0.4, 0.5) is 5.69 Å². The molecule has 5 heteroatoms. The third kappa shape index (κ3) is 2.60. The lowest BCUT2D eigenvalue weighted by molar-refractivity contribution is 0.678. The molecule has 3 rings (SSSR count). The minimum atomic E-state index is 0.822. The Morgan fingerprint density at radius 1 is 0.947 bits per heavy atom. The van der Waals surface area contributed by atoms with Gasteiger partial charge in [-0.2, -0.15) is 20.9 Å². The van der Waals surface area contributed by atoms with Crippen LogP contribution in [0.1, 0.15) is 5.56 Å². The lowest BCUT2D eigenvalue weighted by atomic mass is 10.1. The number of hydrazone groups is 2.